The number of aliphatic hydroxyl groups excluding tert-OH is 2. The van der Waals surface area contributed by atoms with Crippen LogP contribution in [-0.2, 0) is 29.3 Å². The number of aliphatic carboxylic acids is 1. The number of nitrogens with zero attached hydrogens (tertiary/aromatic N) is 1. The zero-order valence-corrected chi connectivity index (χ0v) is 16.0. The quantitative estimate of drug-likeness (QED) is 0.199. The van der Waals surface area contributed by atoms with Crippen molar-refractivity contribution in [2.75, 3.05) is 73.9 Å². The van der Waals surface area contributed by atoms with Crippen LogP contribution in [0.2, 0.25) is 0 Å². The second kappa shape index (κ2) is 20.0. The molecule has 0 aromatic rings. The second-order valence-electron chi connectivity index (χ2n) is 6.13. The summed E-state index contributed by atoms with van der Waals surface area (Å²) in [5.41, 5.74) is 0. The van der Waals surface area contributed by atoms with Crippen LogP contribution in [0.25, 0.3) is 0 Å². The van der Waals surface area contributed by atoms with Crippen molar-refractivity contribution in [3.05, 3.63) is 0 Å². The molecule has 0 aromatic heterocycles. The van der Waals surface area contributed by atoms with Crippen LogP contribution in [0.1, 0.15) is 19.3 Å². The average molecular weight is 383 g/mol. The van der Waals surface area contributed by atoms with Gasteiger partial charge in [0.15, 0.2) is 0 Å². The van der Waals surface area contributed by atoms with Gasteiger partial charge in [-0.05, 0) is 12.8 Å². The van der Waals surface area contributed by atoms with Crippen molar-refractivity contribution in [3.8, 4) is 0 Å². The fourth-order valence-electron chi connectivity index (χ4n) is 1.35. The Morgan fingerprint density at radius 3 is 1.85 bits per heavy atom. The Balaban J connectivity index is -0.000000561. The number of carboxylic acid groups (broad SMARTS) is 1. The minimum atomic E-state index is -1.17. The standard InChI is InChI=1S/C11H20O7.C5H14NO.O/c12-4-5-16-6-7-17-8-9-18-11(15)3-1-2-10(13)14;1-6(2,3)4-5-7;/h12H,1-9H2,(H,13,14);7H,4-5H2,1-3H3;/q;+1;-2/p-1. The Morgan fingerprint density at radius 1 is 0.885 bits per heavy atom. The third-order valence-corrected chi connectivity index (χ3v) is 2.63. The number of quaternary nitrogens is 1. The largest absolute Gasteiger partial charge is 2.00 e. The maximum Gasteiger partial charge on any atom is 0.305 e. The van der Waals surface area contributed by atoms with Gasteiger partial charge in [0, 0.05) is 12.4 Å². The van der Waals surface area contributed by atoms with E-state index in [1.807, 2.05) is 0 Å². The Morgan fingerprint density at radius 2 is 1.42 bits per heavy atom. The van der Waals surface area contributed by atoms with E-state index in [-0.39, 0.29) is 57.8 Å². The number of carboxylic acids is 1. The number of hydrogen-bond acceptors (Lipinski definition) is 8. The molecule has 0 rings (SSSR count). The Kier molecular flexibility index (Phi) is 22.7. The van der Waals surface area contributed by atoms with Crippen LogP contribution >= 0.6 is 0 Å². The van der Waals surface area contributed by atoms with Gasteiger partial charge in [0.05, 0.1) is 60.8 Å². The van der Waals surface area contributed by atoms with Crippen LogP contribution < -0.4 is 5.11 Å². The first kappa shape index (κ1) is 29.5. The van der Waals surface area contributed by atoms with Crippen molar-refractivity contribution in [2.45, 2.75) is 19.3 Å². The normalized spacial score (nSPS) is 10.3. The van der Waals surface area contributed by atoms with Gasteiger partial charge in [-0.1, -0.05) is 0 Å². The molecule has 0 radical (unpaired) electrons. The van der Waals surface area contributed by atoms with E-state index < -0.39 is 11.9 Å². The van der Waals surface area contributed by atoms with E-state index in [1.165, 1.54) is 0 Å². The Labute approximate surface area is 155 Å². The molecule has 0 aliphatic carbocycles. The average Bonchev–Trinajstić information content (AvgIpc) is 2.49. The molecule has 0 amide bonds. The van der Waals surface area contributed by atoms with Crippen molar-refractivity contribution < 1.29 is 49.1 Å². The first-order valence-corrected chi connectivity index (χ1v) is 8.26. The van der Waals surface area contributed by atoms with Gasteiger partial charge >= 0.3 is 5.97 Å². The number of likely N-dealkylation sites (N-methyl/N-ethyl adjacent to an activating group) is 1. The van der Waals surface area contributed by atoms with Gasteiger partial charge in [0.25, 0.3) is 0 Å². The van der Waals surface area contributed by atoms with Crippen molar-refractivity contribution in [2.24, 2.45) is 0 Å². The van der Waals surface area contributed by atoms with Crippen LogP contribution in [-0.4, -0.2) is 101 Å². The van der Waals surface area contributed by atoms with Gasteiger partial charge in [-0.25, -0.2) is 0 Å². The fraction of sp³-hybridized carbons (Fsp3) is 0.875. The second-order valence-corrected chi connectivity index (χ2v) is 6.13. The molecular formula is C16H33NO9-2. The number of esters is 1. The maximum atomic E-state index is 11.1. The summed E-state index contributed by atoms with van der Waals surface area (Å²) in [7, 11) is 6.16. The van der Waals surface area contributed by atoms with Crippen LogP contribution in [0.3, 0.4) is 0 Å². The number of rotatable bonds is 14. The van der Waals surface area contributed by atoms with E-state index in [1.54, 1.807) is 0 Å². The number of ether oxygens (including phenoxy) is 3. The smallest absolute Gasteiger partial charge is 0.305 e. The molecule has 0 aromatic carbocycles. The van der Waals surface area contributed by atoms with Crippen LogP contribution in [0.4, 0.5) is 0 Å². The van der Waals surface area contributed by atoms with Crippen molar-refractivity contribution in [3.63, 3.8) is 0 Å². The summed E-state index contributed by atoms with van der Waals surface area (Å²) in [6, 6.07) is 0. The van der Waals surface area contributed by atoms with Gasteiger partial charge in [0.2, 0.25) is 0 Å². The minimum absolute atomic E-state index is 0. The number of carbonyl (C=O) groups is 2. The predicted molar refractivity (Wildman–Crippen MR) is 89.2 cm³/mol. The molecule has 0 bridgehead atoms. The van der Waals surface area contributed by atoms with Crippen molar-refractivity contribution in [1.29, 1.82) is 0 Å². The zero-order valence-electron chi connectivity index (χ0n) is 16.0. The van der Waals surface area contributed by atoms with Crippen molar-refractivity contribution in [1.82, 2.24) is 0 Å². The lowest BCUT2D eigenvalue weighted by atomic mass is 10.2. The van der Waals surface area contributed by atoms with E-state index in [9.17, 15) is 14.7 Å². The summed E-state index contributed by atoms with van der Waals surface area (Å²) in [4.78, 5) is 21.1. The summed E-state index contributed by atoms with van der Waals surface area (Å²) < 4.78 is 15.7. The molecule has 10 heteroatoms. The summed E-state index contributed by atoms with van der Waals surface area (Å²) in [5, 5.41) is 26.9. The molecule has 2 N–H and O–H groups in total. The highest BCUT2D eigenvalue weighted by molar-refractivity contribution is 5.70. The van der Waals surface area contributed by atoms with Crippen molar-refractivity contribution >= 4 is 11.9 Å². The summed E-state index contributed by atoms with van der Waals surface area (Å²) in [6.07, 6.45) is 0.137. The third kappa shape index (κ3) is 30.6. The van der Waals surface area contributed by atoms with Gasteiger partial charge < -0.3 is 44.3 Å². The molecule has 0 saturated carbocycles. The van der Waals surface area contributed by atoms with Crippen LogP contribution in [0.15, 0.2) is 0 Å². The highest BCUT2D eigenvalue weighted by Crippen LogP contribution is 1.96. The molecule has 0 fully saturated rings. The Bertz CT molecular complexity index is 332. The monoisotopic (exact) mass is 383 g/mol. The number of carbonyl (C=O) groups excluding carboxylic acids is 2. The van der Waals surface area contributed by atoms with E-state index in [4.69, 9.17) is 24.4 Å². The Hall–Kier alpha value is -1.30. The molecule has 0 atom stereocenters. The van der Waals surface area contributed by atoms with E-state index in [2.05, 4.69) is 21.1 Å². The minimum Gasteiger partial charge on any atom is -2.00 e. The summed E-state index contributed by atoms with van der Waals surface area (Å²) in [6.45, 7) is 2.49. The van der Waals surface area contributed by atoms with Gasteiger partial charge in [-0.2, -0.15) is 0 Å². The zero-order chi connectivity index (χ0) is 19.6. The lowest BCUT2D eigenvalue weighted by Crippen LogP contribution is -2.36. The first-order chi connectivity index (χ1) is 11.7. The van der Waals surface area contributed by atoms with E-state index in [0.717, 1.165) is 11.0 Å². The number of hydrogen-bond donors (Lipinski definition) is 2. The molecule has 0 saturated heterocycles. The molecule has 0 aliphatic heterocycles. The summed E-state index contributed by atoms with van der Waals surface area (Å²) in [5.74, 6) is -1.62. The summed E-state index contributed by atoms with van der Waals surface area (Å²) >= 11 is 0. The molecule has 10 nitrogen and oxygen atoms in total. The molecule has 0 spiro atoms. The molecular weight excluding hydrogens is 350 g/mol. The topological polar surface area (TPSA) is 154 Å². The van der Waals surface area contributed by atoms with E-state index in [0.29, 0.717) is 13.2 Å². The lowest BCUT2D eigenvalue weighted by Gasteiger charge is -2.21. The molecule has 0 aliphatic rings. The first-order valence-electron chi connectivity index (χ1n) is 8.26. The fourth-order valence-corrected chi connectivity index (χ4v) is 1.35. The molecule has 158 valence electrons. The highest BCUT2D eigenvalue weighted by Gasteiger charge is 2.03. The van der Waals surface area contributed by atoms with Gasteiger partial charge in [-0.3, -0.25) is 4.79 Å². The molecule has 0 heterocycles. The number of aliphatic hydroxyl groups is 2. The SMILES string of the molecule is C[N+](C)(C)CCO.O=C([O-])CCCC(=O)OCCOCCOCCO.[O-2]. The third-order valence-electron chi connectivity index (χ3n) is 2.63. The predicted octanol–water partition coefficient (Wildman–Crippen LogP) is -1.96. The van der Waals surface area contributed by atoms with Gasteiger partial charge in [0.1, 0.15) is 13.2 Å². The van der Waals surface area contributed by atoms with Gasteiger partial charge in [-0.15, -0.1) is 0 Å². The molecule has 26 heavy (non-hydrogen) atoms. The molecule has 0 unspecified atom stereocenters. The van der Waals surface area contributed by atoms with Crippen LogP contribution in [0.5, 0.6) is 0 Å². The lowest BCUT2D eigenvalue weighted by molar-refractivity contribution is -0.870. The maximum absolute atomic E-state index is 11.1. The van der Waals surface area contributed by atoms with E-state index >= 15 is 0 Å². The van der Waals surface area contributed by atoms with Crippen LogP contribution in [0, 0.1) is 0 Å². The highest BCUT2D eigenvalue weighted by atomic mass is 16.6.